The van der Waals surface area contributed by atoms with Crippen molar-refractivity contribution in [2.24, 2.45) is 0 Å². The van der Waals surface area contributed by atoms with E-state index in [1.54, 1.807) is 0 Å². The van der Waals surface area contributed by atoms with Crippen LogP contribution in [-0.2, 0) is 28.6 Å². The maximum atomic E-state index is 12.9. The second kappa shape index (κ2) is 68.3. The van der Waals surface area contributed by atoms with Crippen LogP contribution in [0.25, 0.3) is 0 Å². The molecule has 0 fully saturated rings. The van der Waals surface area contributed by atoms with E-state index in [9.17, 15) is 14.4 Å². The van der Waals surface area contributed by atoms with Gasteiger partial charge >= 0.3 is 17.9 Å². The molecule has 0 heterocycles. The minimum Gasteiger partial charge on any atom is -0.462 e. The molecule has 1 atom stereocenters. The van der Waals surface area contributed by atoms with Crippen molar-refractivity contribution in [2.75, 3.05) is 13.2 Å². The van der Waals surface area contributed by atoms with Gasteiger partial charge in [0, 0.05) is 19.3 Å². The maximum Gasteiger partial charge on any atom is 0.306 e. The predicted octanol–water partition coefficient (Wildman–Crippen LogP) is 24.1. The van der Waals surface area contributed by atoms with Crippen molar-refractivity contribution in [1.82, 2.24) is 0 Å². The highest BCUT2D eigenvalue weighted by Gasteiger charge is 2.19. The van der Waals surface area contributed by atoms with Crippen LogP contribution < -0.4 is 0 Å². The first kappa shape index (κ1) is 76.9. The molecule has 1 unspecified atom stereocenters. The van der Waals surface area contributed by atoms with Gasteiger partial charge in [-0.1, -0.05) is 306 Å². The average molecular weight is 1120 g/mol. The summed E-state index contributed by atoms with van der Waals surface area (Å²) in [6, 6.07) is 0. The first-order chi connectivity index (χ1) is 39.5. The van der Waals surface area contributed by atoms with Gasteiger partial charge in [0.05, 0.1) is 0 Å². The van der Waals surface area contributed by atoms with Crippen molar-refractivity contribution in [2.45, 2.75) is 367 Å². The fraction of sp³-hybridized carbons (Fsp3) is 0.797. The highest BCUT2D eigenvalue weighted by Crippen LogP contribution is 2.17. The number of hydrogen-bond acceptors (Lipinski definition) is 6. The summed E-state index contributed by atoms with van der Waals surface area (Å²) in [5.74, 6) is -0.873. The second-order valence-electron chi connectivity index (χ2n) is 23.4. The lowest BCUT2D eigenvalue weighted by Gasteiger charge is -2.18. The maximum absolute atomic E-state index is 12.9. The van der Waals surface area contributed by atoms with Gasteiger partial charge in [-0.05, 0) is 109 Å². The standard InChI is InChI=1S/C74H132O6/c1-4-7-10-13-16-19-22-24-26-28-30-32-34-35-36-37-38-39-41-42-44-46-48-50-52-55-58-61-64-67-73(76)79-70-71(69-78-72(75)66-63-60-57-54-21-18-15-12-9-6-3)80-74(77)68-65-62-59-56-53-51-49-47-45-43-40-33-31-29-27-25-23-20-17-14-11-8-5-2/h12,15,22-25,28-31,34-35,71H,4-11,13-14,16-21,26-27,32-33,36-70H2,1-3H3/b15-12-,24-22-,25-23-,30-28-,31-29-,35-34-. The van der Waals surface area contributed by atoms with Crippen molar-refractivity contribution in [3.8, 4) is 0 Å². The molecule has 0 saturated carbocycles. The number of hydrogen-bond donors (Lipinski definition) is 0. The summed E-state index contributed by atoms with van der Waals surface area (Å²) >= 11 is 0. The van der Waals surface area contributed by atoms with Crippen LogP contribution in [0.15, 0.2) is 72.9 Å². The first-order valence-electron chi connectivity index (χ1n) is 34.9. The zero-order valence-electron chi connectivity index (χ0n) is 53.3. The van der Waals surface area contributed by atoms with Gasteiger partial charge in [0.15, 0.2) is 6.10 Å². The zero-order chi connectivity index (χ0) is 57.8. The van der Waals surface area contributed by atoms with Gasteiger partial charge in [0.25, 0.3) is 0 Å². The van der Waals surface area contributed by atoms with Crippen molar-refractivity contribution in [3.05, 3.63) is 72.9 Å². The Balaban J connectivity index is 4.17. The summed E-state index contributed by atoms with van der Waals surface area (Å²) in [6.45, 7) is 6.59. The molecule has 0 aromatic heterocycles. The summed E-state index contributed by atoms with van der Waals surface area (Å²) in [5, 5.41) is 0. The largest absolute Gasteiger partial charge is 0.462 e. The Hall–Kier alpha value is -3.15. The molecule has 0 aromatic carbocycles. The molecule has 0 aliphatic rings. The molecule has 0 saturated heterocycles. The summed E-state index contributed by atoms with van der Waals surface area (Å²) in [7, 11) is 0. The first-order valence-corrected chi connectivity index (χ1v) is 34.9. The van der Waals surface area contributed by atoms with E-state index in [4.69, 9.17) is 14.2 Å². The number of carbonyl (C=O) groups excluding carboxylic acids is 3. The van der Waals surface area contributed by atoms with Gasteiger partial charge in [-0.3, -0.25) is 14.4 Å². The molecule has 0 aromatic rings. The van der Waals surface area contributed by atoms with E-state index in [0.717, 1.165) is 89.9 Å². The van der Waals surface area contributed by atoms with Crippen LogP contribution in [-0.4, -0.2) is 37.2 Å². The van der Waals surface area contributed by atoms with Crippen LogP contribution in [0.4, 0.5) is 0 Å². The molecule has 0 rings (SSSR count). The van der Waals surface area contributed by atoms with E-state index < -0.39 is 6.10 Å². The van der Waals surface area contributed by atoms with Crippen LogP contribution in [0, 0.1) is 0 Å². The van der Waals surface area contributed by atoms with Crippen LogP contribution in [0.3, 0.4) is 0 Å². The topological polar surface area (TPSA) is 78.9 Å². The van der Waals surface area contributed by atoms with Crippen LogP contribution in [0.1, 0.15) is 361 Å². The van der Waals surface area contributed by atoms with Crippen LogP contribution in [0.2, 0.25) is 0 Å². The molecular weight excluding hydrogens is 985 g/mol. The van der Waals surface area contributed by atoms with Gasteiger partial charge in [-0.15, -0.1) is 0 Å². The molecule has 6 heteroatoms. The van der Waals surface area contributed by atoms with Crippen molar-refractivity contribution in [3.63, 3.8) is 0 Å². The summed E-state index contributed by atoms with van der Waals surface area (Å²) in [6.07, 6.45) is 89.4. The molecule has 0 radical (unpaired) electrons. The monoisotopic (exact) mass is 1120 g/mol. The summed E-state index contributed by atoms with van der Waals surface area (Å²) < 4.78 is 16.9. The molecule has 6 nitrogen and oxygen atoms in total. The van der Waals surface area contributed by atoms with Gasteiger partial charge in [-0.25, -0.2) is 0 Å². The lowest BCUT2D eigenvalue weighted by molar-refractivity contribution is -0.167. The lowest BCUT2D eigenvalue weighted by atomic mass is 10.0. The second-order valence-corrected chi connectivity index (χ2v) is 23.4. The third-order valence-electron chi connectivity index (χ3n) is 15.4. The Morgan fingerprint density at radius 3 is 0.762 bits per heavy atom. The molecular formula is C74H132O6. The van der Waals surface area contributed by atoms with E-state index in [1.165, 1.54) is 231 Å². The zero-order valence-corrected chi connectivity index (χ0v) is 53.3. The molecule has 0 bridgehead atoms. The molecule has 0 N–H and O–H groups in total. The van der Waals surface area contributed by atoms with E-state index in [0.29, 0.717) is 19.3 Å². The number of rotatable bonds is 64. The predicted molar refractivity (Wildman–Crippen MR) is 348 cm³/mol. The average Bonchev–Trinajstić information content (AvgIpc) is 3.46. The Morgan fingerprint density at radius 1 is 0.250 bits per heavy atom. The van der Waals surface area contributed by atoms with Gasteiger partial charge in [0.1, 0.15) is 13.2 Å². The number of ether oxygens (including phenoxy) is 3. The lowest BCUT2D eigenvalue weighted by Crippen LogP contribution is -2.30. The van der Waals surface area contributed by atoms with Gasteiger partial charge in [0.2, 0.25) is 0 Å². The van der Waals surface area contributed by atoms with E-state index in [1.807, 2.05) is 0 Å². The van der Waals surface area contributed by atoms with Crippen molar-refractivity contribution in [1.29, 1.82) is 0 Å². The number of esters is 3. The number of carbonyl (C=O) groups is 3. The Bertz CT molecular complexity index is 1470. The SMILES string of the molecule is CCC/C=C\CCCCCCCC(=O)OCC(COC(=O)CCCCCCCCCCCCCCCC/C=C\C/C=C\C/C=C\CCCCCCC)OC(=O)CCCCCCCCCCCCC/C=C\C/C=C\CCCCCCC. The van der Waals surface area contributed by atoms with Gasteiger partial charge in [-0.2, -0.15) is 0 Å². The highest BCUT2D eigenvalue weighted by molar-refractivity contribution is 5.71. The van der Waals surface area contributed by atoms with Crippen molar-refractivity contribution >= 4 is 17.9 Å². The molecule has 0 spiro atoms. The molecule has 0 aliphatic heterocycles. The summed E-state index contributed by atoms with van der Waals surface area (Å²) in [5.41, 5.74) is 0. The fourth-order valence-corrected chi connectivity index (χ4v) is 10.1. The van der Waals surface area contributed by atoms with Crippen LogP contribution in [0.5, 0.6) is 0 Å². The van der Waals surface area contributed by atoms with Crippen LogP contribution >= 0.6 is 0 Å². The molecule has 0 amide bonds. The third-order valence-corrected chi connectivity index (χ3v) is 15.4. The quantitative estimate of drug-likeness (QED) is 0.0261. The Labute approximate surface area is 497 Å². The Kier molecular flexibility index (Phi) is 65.7. The molecule has 464 valence electrons. The Morgan fingerprint density at radius 2 is 0.475 bits per heavy atom. The highest BCUT2D eigenvalue weighted by atomic mass is 16.6. The minimum atomic E-state index is -0.780. The number of unbranched alkanes of at least 4 members (excludes halogenated alkanes) is 41. The van der Waals surface area contributed by atoms with Gasteiger partial charge < -0.3 is 14.2 Å². The fourth-order valence-electron chi connectivity index (χ4n) is 10.1. The summed E-state index contributed by atoms with van der Waals surface area (Å²) in [4.78, 5) is 38.3. The number of allylic oxidation sites excluding steroid dienone is 12. The van der Waals surface area contributed by atoms with Crippen molar-refractivity contribution < 1.29 is 28.6 Å². The smallest absolute Gasteiger partial charge is 0.306 e. The van der Waals surface area contributed by atoms with E-state index in [2.05, 4.69) is 93.7 Å². The minimum absolute atomic E-state index is 0.0767. The molecule has 0 aliphatic carbocycles. The van der Waals surface area contributed by atoms with E-state index >= 15 is 0 Å². The van der Waals surface area contributed by atoms with E-state index in [-0.39, 0.29) is 31.1 Å². The third kappa shape index (κ3) is 65.7. The molecule has 80 heavy (non-hydrogen) atoms. The normalized spacial score (nSPS) is 12.5.